The molecule has 0 aliphatic rings. The van der Waals surface area contributed by atoms with E-state index in [1.54, 1.807) is 18.2 Å². The van der Waals surface area contributed by atoms with E-state index >= 15 is 0 Å². The van der Waals surface area contributed by atoms with Crippen LogP contribution in [0.4, 0.5) is 13.2 Å². The molecule has 0 unspecified atom stereocenters. The van der Waals surface area contributed by atoms with E-state index in [4.69, 9.17) is 16.3 Å². The van der Waals surface area contributed by atoms with Gasteiger partial charge in [-0.05, 0) is 55.8 Å². The monoisotopic (exact) mass is 384 g/mol. The molecule has 0 aromatic heterocycles. The van der Waals surface area contributed by atoms with Crippen LogP contribution < -0.4 is 10.2 Å². The van der Waals surface area contributed by atoms with Gasteiger partial charge in [-0.3, -0.25) is 4.79 Å². The zero-order valence-electron chi connectivity index (χ0n) is 14.0. The maximum absolute atomic E-state index is 12.7. The molecule has 8 heteroatoms. The van der Waals surface area contributed by atoms with Gasteiger partial charge >= 0.3 is 6.18 Å². The fraction of sp³-hybridized carbons (Fsp3) is 0.222. The highest BCUT2D eigenvalue weighted by Gasteiger charge is 2.30. The van der Waals surface area contributed by atoms with Crippen molar-refractivity contribution < 1.29 is 22.7 Å². The van der Waals surface area contributed by atoms with Gasteiger partial charge in [0.1, 0.15) is 5.75 Å². The number of halogens is 4. The summed E-state index contributed by atoms with van der Waals surface area (Å²) >= 11 is 6.09. The van der Waals surface area contributed by atoms with E-state index < -0.39 is 17.6 Å². The second-order valence-electron chi connectivity index (χ2n) is 5.63. The average Bonchev–Trinajstić information content (AvgIpc) is 2.56. The van der Waals surface area contributed by atoms with Crippen LogP contribution in [-0.4, -0.2) is 18.2 Å². The lowest BCUT2D eigenvalue weighted by atomic mass is 10.1. The van der Waals surface area contributed by atoms with Crippen molar-refractivity contribution >= 4 is 23.7 Å². The maximum atomic E-state index is 12.7. The minimum atomic E-state index is -4.52. The molecule has 0 bridgehead atoms. The van der Waals surface area contributed by atoms with Crippen LogP contribution in [0.15, 0.2) is 47.6 Å². The molecule has 0 heterocycles. The van der Waals surface area contributed by atoms with Crippen LogP contribution in [0.25, 0.3) is 0 Å². The summed E-state index contributed by atoms with van der Waals surface area (Å²) in [7, 11) is 0. The molecular weight excluding hydrogens is 369 g/mol. The van der Waals surface area contributed by atoms with Gasteiger partial charge in [-0.15, -0.1) is 0 Å². The fourth-order valence-electron chi connectivity index (χ4n) is 2.01. The van der Waals surface area contributed by atoms with Crippen molar-refractivity contribution in [2.75, 3.05) is 0 Å². The van der Waals surface area contributed by atoms with Gasteiger partial charge in [-0.25, -0.2) is 5.43 Å². The highest BCUT2D eigenvalue weighted by molar-refractivity contribution is 6.32. The summed E-state index contributed by atoms with van der Waals surface area (Å²) < 4.78 is 43.5. The summed E-state index contributed by atoms with van der Waals surface area (Å²) in [6.07, 6.45) is -3.22. The van der Waals surface area contributed by atoms with Crippen LogP contribution in [0.2, 0.25) is 5.02 Å². The van der Waals surface area contributed by atoms with Gasteiger partial charge in [-0.2, -0.15) is 18.3 Å². The highest BCUT2D eigenvalue weighted by atomic mass is 35.5. The Balaban J connectivity index is 2.04. The smallest absolute Gasteiger partial charge is 0.416 e. The van der Waals surface area contributed by atoms with E-state index in [0.29, 0.717) is 16.3 Å². The molecule has 1 amide bonds. The number of ether oxygens (including phenoxy) is 1. The number of amides is 1. The summed E-state index contributed by atoms with van der Waals surface area (Å²) in [5.74, 6) is -0.231. The third-order valence-corrected chi connectivity index (χ3v) is 3.45. The largest absolute Gasteiger partial charge is 0.489 e. The van der Waals surface area contributed by atoms with Crippen LogP contribution >= 0.6 is 11.6 Å². The molecule has 2 aromatic rings. The maximum Gasteiger partial charge on any atom is 0.416 e. The van der Waals surface area contributed by atoms with E-state index in [9.17, 15) is 18.0 Å². The Labute approximate surface area is 153 Å². The van der Waals surface area contributed by atoms with E-state index in [-0.39, 0.29) is 11.7 Å². The minimum Gasteiger partial charge on any atom is -0.489 e. The molecule has 1 N–H and O–H groups in total. The molecular formula is C18H16ClF3N2O2. The Bertz CT molecular complexity index is 820. The van der Waals surface area contributed by atoms with Crippen LogP contribution in [0.3, 0.4) is 0 Å². The lowest BCUT2D eigenvalue weighted by molar-refractivity contribution is -0.137. The number of rotatable bonds is 5. The summed E-state index contributed by atoms with van der Waals surface area (Å²) in [5.41, 5.74) is 1.73. The van der Waals surface area contributed by atoms with Gasteiger partial charge < -0.3 is 4.74 Å². The molecule has 0 aliphatic heterocycles. The van der Waals surface area contributed by atoms with Crippen LogP contribution in [0, 0.1) is 0 Å². The Morgan fingerprint density at radius 3 is 2.58 bits per heavy atom. The summed E-state index contributed by atoms with van der Waals surface area (Å²) in [4.78, 5) is 11.9. The molecule has 0 saturated carbocycles. The molecule has 0 aliphatic carbocycles. The second-order valence-corrected chi connectivity index (χ2v) is 6.04. The lowest BCUT2D eigenvalue weighted by Crippen LogP contribution is -2.18. The van der Waals surface area contributed by atoms with E-state index in [0.717, 1.165) is 18.2 Å². The summed E-state index contributed by atoms with van der Waals surface area (Å²) in [6.45, 7) is 3.74. The number of hydrogen-bond acceptors (Lipinski definition) is 3. The first-order valence-electron chi connectivity index (χ1n) is 7.63. The van der Waals surface area contributed by atoms with Gasteiger partial charge in [0.05, 0.1) is 22.9 Å². The molecule has 0 radical (unpaired) electrons. The number of nitrogens with one attached hydrogen (secondary N) is 1. The highest BCUT2D eigenvalue weighted by Crippen LogP contribution is 2.29. The number of hydrogen-bond donors (Lipinski definition) is 1. The molecule has 0 saturated heterocycles. The van der Waals surface area contributed by atoms with E-state index in [1.807, 2.05) is 13.8 Å². The number of carbonyl (C=O) groups excluding carboxylic acids is 1. The van der Waals surface area contributed by atoms with Gasteiger partial charge in [0.15, 0.2) is 0 Å². The number of hydrazone groups is 1. The third kappa shape index (κ3) is 5.49. The van der Waals surface area contributed by atoms with Crippen molar-refractivity contribution in [3.8, 4) is 5.75 Å². The van der Waals surface area contributed by atoms with Crippen molar-refractivity contribution in [2.24, 2.45) is 5.10 Å². The third-order valence-electron chi connectivity index (χ3n) is 3.15. The first-order valence-corrected chi connectivity index (χ1v) is 8.01. The van der Waals surface area contributed by atoms with Crippen molar-refractivity contribution in [3.05, 3.63) is 64.2 Å². The molecule has 138 valence electrons. The zero-order valence-corrected chi connectivity index (χ0v) is 14.7. The van der Waals surface area contributed by atoms with Crippen molar-refractivity contribution in [1.82, 2.24) is 5.43 Å². The first-order chi connectivity index (χ1) is 12.2. The second kappa shape index (κ2) is 8.23. The predicted octanol–water partition coefficient (Wildman–Crippen LogP) is 4.91. The average molecular weight is 385 g/mol. The molecule has 4 nitrogen and oxygen atoms in total. The Morgan fingerprint density at radius 1 is 1.23 bits per heavy atom. The molecule has 26 heavy (non-hydrogen) atoms. The number of nitrogens with zero attached hydrogens (tertiary/aromatic N) is 1. The molecule has 0 spiro atoms. The van der Waals surface area contributed by atoms with Gasteiger partial charge in [0.25, 0.3) is 5.91 Å². The predicted molar refractivity (Wildman–Crippen MR) is 93.7 cm³/mol. The van der Waals surface area contributed by atoms with Gasteiger partial charge in [-0.1, -0.05) is 17.7 Å². The first kappa shape index (κ1) is 19.8. The standard InChI is InChI=1S/C18H16ClF3N2O2/c1-11(2)26-16-7-6-12(8-15(16)19)10-23-24-17(25)13-4-3-5-14(9-13)18(20,21)22/h3-11H,1-2H3,(H,24,25). The van der Waals surface area contributed by atoms with Crippen molar-refractivity contribution in [1.29, 1.82) is 0 Å². The van der Waals surface area contributed by atoms with Crippen LogP contribution in [0.5, 0.6) is 5.75 Å². The van der Waals surface area contributed by atoms with Crippen molar-refractivity contribution in [3.63, 3.8) is 0 Å². The Kier molecular flexibility index (Phi) is 6.26. The minimum absolute atomic E-state index is 0.0289. The SMILES string of the molecule is CC(C)Oc1ccc(C=NNC(=O)c2cccc(C(F)(F)F)c2)cc1Cl. The van der Waals surface area contributed by atoms with E-state index in [2.05, 4.69) is 10.5 Å². The van der Waals surface area contributed by atoms with Crippen LogP contribution in [0.1, 0.15) is 35.3 Å². The Hall–Kier alpha value is -2.54. The quantitative estimate of drug-likeness (QED) is 0.588. The molecule has 0 fully saturated rings. The van der Waals surface area contributed by atoms with Gasteiger partial charge in [0, 0.05) is 5.56 Å². The fourth-order valence-corrected chi connectivity index (χ4v) is 2.25. The van der Waals surface area contributed by atoms with Crippen molar-refractivity contribution in [2.45, 2.75) is 26.1 Å². The zero-order chi connectivity index (χ0) is 19.3. The van der Waals surface area contributed by atoms with E-state index in [1.165, 1.54) is 12.3 Å². The normalized spacial score (nSPS) is 11.8. The number of carbonyl (C=O) groups is 1. The molecule has 2 aromatic carbocycles. The van der Waals surface area contributed by atoms with Crippen LogP contribution in [-0.2, 0) is 6.18 Å². The molecule has 0 atom stereocenters. The number of alkyl halides is 3. The topological polar surface area (TPSA) is 50.7 Å². The number of benzene rings is 2. The Morgan fingerprint density at radius 2 is 1.96 bits per heavy atom. The lowest BCUT2D eigenvalue weighted by Gasteiger charge is -2.11. The summed E-state index contributed by atoms with van der Waals surface area (Å²) in [6, 6.07) is 9.04. The molecule has 2 rings (SSSR count). The van der Waals surface area contributed by atoms with Gasteiger partial charge in [0.2, 0.25) is 0 Å². The summed E-state index contributed by atoms with van der Waals surface area (Å²) in [5, 5.41) is 4.12.